The summed E-state index contributed by atoms with van der Waals surface area (Å²) in [7, 11) is -3.68. The van der Waals surface area contributed by atoms with Crippen molar-refractivity contribution in [3.05, 3.63) is 0 Å². The Balaban J connectivity index is 3.16. The monoisotopic (exact) mass is 583 g/mol. The molecule has 0 spiro atoms. The van der Waals surface area contributed by atoms with E-state index in [1.165, 1.54) is 108 Å². The summed E-state index contributed by atoms with van der Waals surface area (Å²) in [6, 6.07) is 0. The molecule has 0 aliphatic rings. The van der Waals surface area contributed by atoms with E-state index in [-0.39, 0.29) is 13.2 Å². The second-order valence-electron chi connectivity index (χ2n) is 9.97. The van der Waals surface area contributed by atoms with Crippen LogP contribution in [0.1, 0.15) is 143 Å². The van der Waals surface area contributed by atoms with Gasteiger partial charge in [-0.1, -0.05) is 113 Å². The Labute approximate surface area is 240 Å². The Morgan fingerprint density at radius 1 is 0.579 bits per heavy atom. The van der Waals surface area contributed by atoms with Gasteiger partial charge in [-0.3, -0.25) is 9.05 Å². The first-order chi connectivity index (χ1) is 18.7. The van der Waals surface area contributed by atoms with Crippen LogP contribution in [0.15, 0.2) is 0 Å². The quantitative estimate of drug-likeness (QED) is 0.0354. The molecule has 230 valence electrons. The molecule has 7 nitrogen and oxygen atoms in total. The minimum atomic E-state index is -3.68. The first-order valence-corrected chi connectivity index (χ1v) is 18.5. The number of hydrogen-bond acceptors (Lipinski definition) is 8. The highest BCUT2D eigenvalue weighted by Crippen LogP contribution is 2.49. The average Bonchev–Trinajstić information content (AvgIpc) is 2.90. The SMILES string of the molecule is CCCCCCCCCCCCCCCCSCCCNCCCCCCOOOP(=O)(OCC)OCC. The summed E-state index contributed by atoms with van der Waals surface area (Å²) in [5.74, 6) is 2.59. The van der Waals surface area contributed by atoms with Crippen LogP contribution in [0.2, 0.25) is 0 Å². The lowest BCUT2D eigenvalue weighted by Crippen LogP contribution is -2.17. The molecule has 0 saturated heterocycles. The number of rotatable bonds is 33. The van der Waals surface area contributed by atoms with Crippen LogP contribution in [-0.2, 0) is 28.2 Å². The maximum Gasteiger partial charge on any atom is 0.504 e. The summed E-state index contributed by atoms with van der Waals surface area (Å²) < 4.78 is 26.5. The zero-order chi connectivity index (χ0) is 27.8. The first-order valence-electron chi connectivity index (χ1n) is 15.8. The third-order valence-electron chi connectivity index (χ3n) is 6.36. The fourth-order valence-electron chi connectivity index (χ4n) is 4.18. The molecule has 0 rings (SSSR count). The summed E-state index contributed by atoms with van der Waals surface area (Å²) in [5.41, 5.74) is 0. The van der Waals surface area contributed by atoms with Crippen LogP contribution < -0.4 is 5.32 Å². The maximum absolute atomic E-state index is 12.0. The summed E-state index contributed by atoms with van der Waals surface area (Å²) >= 11 is 2.12. The fraction of sp³-hybridized carbons (Fsp3) is 1.00. The van der Waals surface area contributed by atoms with Crippen LogP contribution in [0, 0.1) is 0 Å². The van der Waals surface area contributed by atoms with E-state index >= 15 is 0 Å². The Hall–Kier alpha value is 0.340. The van der Waals surface area contributed by atoms with Crippen LogP contribution in [0.5, 0.6) is 0 Å². The zero-order valence-corrected chi connectivity index (χ0v) is 26.9. The Bertz CT molecular complexity index is 494. The van der Waals surface area contributed by atoms with Gasteiger partial charge in [0.15, 0.2) is 0 Å². The average molecular weight is 584 g/mol. The minimum absolute atomic E-state index is 0.201. The Kier molecular flexibility index (Phi) is 32.1. The van der Waals surface area contributed by atoms with Gasteiger partial charge in [0.25, 0.3) is 0 Å². The molecule has 0 aromatic carbocycles. The molecule has 0 amide bonds. The van der Waals surface area contributed by atoms with Gasteiger partial charge >= 0.3 is 7.82 Å². The Morgan fingerprint density at radius 3 is 1.63 bits per heavy atom. The van der Waals surface area contributed by atoms with Crippen molar-refractivity contribution in [2.75, 3.05) is 44.4 Å². The minimum Gasteiger partial charge on any atom is -0.317 e. The topological polar surface area (TPSA) is 75.2 Å². The highest BCUT2D eigenvalue weighted by molar-refractivity contribution is 7.99. The summed E-state index contributed by atoms with van der Waals surface area (Å²) in [4.78, 5) is 4.90. The van der Waals surface area contributed by atoms with Crippen LogP contribution >= 0.6 is 19.6 Å². The molecule has 0 heterocycles. The molecule has 0 saturated carbocycles. The van der Waals surface area contributed by atoms with Gasteiger partial charge in [0.05, 0.1) is 19.8 Å². The Morgan fingerprint density at radius 2 is 1.05 bits per heavy atom. The van der Waals surface area contributed by atoms with Crippen molar-refractivity contribution in [2.24, 2.45) is 0 Å². The highest BCUT2D eigenvalue weighted by Gasteiger charge is 2.27. The zero-order valence-electron chi connectivity index (χ0n) is 25.2. The third-order valence-corrected chi connectivity index (χ3v) is 8.91. The summed E-state index contributed by atoms with van der Waals surface area (Å²) in [6.07, 6.45) is 25.5. The van der Waals surface area contributed by atoms with Gasteiger partial charge in [-0.25, -0.2) is 9.45 Å². The molecular formula is C29H62NO6PS. The van der Waals surface area contributed by atoms with Crippen LogP contribution in [-0.4, -0.2) is 44.4 Å². The molecular weight excluding hydrogens is 521 g/mol. The second-order valence-corrected chi connectivity index (χ2v) is 12.8. The summed E-state index contributed by atoms with van der Waals surface area (Å²) in [6.45, 7) is 8.65. The number of phosphoric ester groups is 1. The van der Waals surface area contributed by atoms with Gasteiger partial charge in [0.1, 0.15) is 0 Å². The van der Waals surface area contributed by atoms with Gasteiger partial charge in [-0.05, 0) is 64.1 Å². The molecule has 0 unspecified atom stereocenters. The van der Waals surface area contributed by atoms with E-state index in [1.54, 1.807) is 13.8 Å². The van der Waals surface area contributed by atoms with Crippen molar-refractivity contribution < 1.29 is 28.2 Å². The molecule has 1 N–H and O–H groups in total. The van der Waals surface area contributed by atoms with Crippen molar-refractivity contribution in [2.45, 2.75) is 143 Å². The third kappa shape index (κ3) is 29.3. The van der Waals surface area contributed by atoms with Crippen molar-refractivity contribution in [3.8, 4) is 0 Å². The molecule has 38 heavy (non-hydrogen) atoms. The van der Waals surface area contributed by atoms with Crippen LogP contribution in [0.4, 0.5) is 0 Å². The van der Waals surface area contributed by atoms with Gasteiger partial charge in [0.2, 0.25) is 0 Å². The highest BCUT2D eigenvalue weighted by atomic mass is 32.2. The molecule has 0 aliphatic heterocycles. The standard InChI is InChI=1S/C29H62NO6PS/c1-4-7-8-9-10-11-12-13-14-15-16-17-20-23-28-38-29-24-26-30-25-21-18-19-22-27-32-35-36-37(31,33-5-2)34-6-3/h30H,4-29H2,1-3H3. The van der Waals surface area contributed by atoms with Crippen LogP contribution in [0.3, 0.4) is 0 Å². The molecule has 0 bridgehead atoms. The van der Waals surface area contributed by atoms with E-state index in [9.17, 15) is 4.57 Å². The predicted octanol–water partition coefficient (Wildman–Crippen LogP) is 9.80. The lowest BCUT2D eigenvalue weighted by atomic mass is 10.0. The molecule has 9 heteroatoms. The largest absolute Gasteiger partial charge is 0.504 e. The number of phosphoric acid groups is 1. The summed E-state index contributed by atoms with van der Waals surface area (Å²) in [5, 5.41) is 8.07. The van der Waals surface area contributed by atoms with E-state index in [1.807, 2.05) is 0 Å². The molecule has 0 aliphatic carbocycles. The first kappa shape index (κ1) is 38.3. The molecule has 0 aromatic rings. The normalized spacial score (nSPS) is 12.0. The smallest absolute Gasteiger partial charge is 0.317 e. The van der Waals surface area contributed by atoms with E-state index in [0.717, 1.165) is 38.8 Å². The van der Waals surface area contributed by atoms with Gasteiger partial charge in [-0.2, -0.15) is 11.8 Å². The number of nitrogens with one attached hydrogen (secondary N) is 1. The van der Waals surface area contributed by atoms with Crippen molar-refractivity contribution >= 4 is 19.6 Å². The number of thioether (sulfide) groups is 1. The lowest BCUT2D eigenvalue weighted by molar-refractivity contribution is -0.473. The lowest BCUT2D eigenvalue weighted by Gasteiger charge is -2.13. The molecule has 0 fully saturated rings. The predicted molar refractivity (Wildman–Crippen MR) is 163 cm³/mol. The van der Waals surface area contributed by atoms with E-state index in [2.05, 4.69) is 33.7 Å². The maximum atomic E-state index is 12.0. The van der Waals surface area contributed by atoms with E-state index < -0.39 is 7.82 Å². The molecule has 0 radical (unpaired) electrons. The van der Waals surface area contributed by atoms with Crippen molar-refractivity contribution in [3.63, 3.8) is 0 Å². The van der Waals surface area contributed by atoms with E-state index in [4.69, 9.17) is 13.9 Å². The van der Waals surface area contributed by atoms with Crippen molar-refractivity contribution in [1.82, 2.24) is 5.32 Å². The van der Waals surface area contributed by atoms with Gasteiger partial charge < -0.3 is 5.32 Å². The van der Waals surface area contributed by atoms with E-state index in [0.29, 0.717) is 6.61 Å². The molecule has 0 atom stereocenters. The second kappa shape index (κ2) is 31.9. The van der Waals surface area contributed by atoms with Gasteiger partial charge in [-0.15, -0.1) is 0 Å². The van der Waals surface area contributed by atoms with Crippen molar-refractivity contribution in [1.29, 1.82) is 0 Å². The number of unbranched alkanes of at least 4 members (excludes halogenated alkanes) is 16. The van der Waals surface area contributed by atoms with Crippen LogP contribution in [0.25, 0.3) is 0 Å². The molecule has 0 aromatic heterocycles. The van der Waals surface area contributed by atoms with Gasteiger partial charge in [0, 0.05) is 0 Å². The number of hydrogen-bond donors (Lipinski definition) is 1. The fourth-order valence-corrected chi connectivity index (χ4v) is 6.05.